The Morgan fingerprint density at radius 1 is 1.00 bits per heavy atom. The van der Waals surface area contributed by atoms with Crippen molar-refractivity contribution in [2.75, 3.05) is 11.4 Å². The predicted molar refractivity (Wildman–Crippen MR) is 72.3 cm³/mol. The Kier molecular flexibility index (Phi) is 3.11. The third-order valence-corrected chi connectivity index (χ3v) is 3.65. The Bertz CT molecular complexity index is 704. The van der Waals surface area contributed by atoms with Gasteiger partial charge >= 0.3 is 0 Å². The Morgan fingerprint density at radius 3 is 2.50 bits per heavy atom. The first-order chi connectivity index (χ1) is 9.70. The van der Waals surface area contributed by atoms with Crippen molar-refractivity contribution < 1.29 is 8.78 Å². The lowest BCUT2D eigenvalue weighted by Gasteiger charge is -2.31. The molecule has 1 heterocycles. The second kappa shape index (κ2) is 4.93. The Hall–Kier alpha value is -2.41. The van der Waals surface area contributed by atoms with Crippen LogP contribution in [-0.4, -0.2) is 6.54 Å². The topological polar surface area (TPSA) is 27.0 Å². The molecule has 2 nitrogen and oxygen atoms in total. The van der Waals surface area contributed by atoms with Crippen molar-refractivity contribution in [3.05, 3.63) is 64.7 Å². The largest absolute Gasteiger partial charge is 0.364 e. The summed E-state index contributed by atoms with van der Waals surface area (Å²) in [5.74, 6) is -2.01. The van der Waals surface area contributed by atoms with Crippen molar-refractivity contribution in [1.29, 1.82) is 5.26 Å². The van der Waals surface area contributed by atoms with E-state index in [0.29, 0.717) is 13.1 Å². The van der Waals surface area contributed by atoms with Gasteiger partial charge in [-0.05, 0) is 29.7 Å². The second-order valence-corrected chi connectivity index (χ2v) is 4.81. The molecule has 0 amide bonds. The normalized spacial score (nSPS) is 13.8. The molecule has 2 aromatic rings. The van der Waals surface area contributed by atoms with E-state index in [2.05, 4.69) is 6.07 Å². The fraction of sp³-hybridized carbons (Fsp3) is 0.188. The molecule has 20 heavy (non-hydrogen) atoms. The van der Waals surface area contributed by atoms with Gasteiger partial charge in [0.1, 0.15) is 6.07 Å². The predicted octanol–water partition coefficient (Wildman–Crippen LogP) is 3.40. The first-order valence-corrected chi connectivity index (χ1v) is 6.40. The van der Waals surface area contributed by atoms with Gasteiger partial charge in [0.25, 0.3) is 0 Å². The van der Waals surface area contributed by atoms with Crippen LogP contribution in [0.4, 0.5) is 14.5 Å². The van der Waals surface area contributed by atoms with Crippen molar-refractivity contribution in [3.63, 3.8) is 0 Å². The van der Waals surface area contributed by atoms with E-state index in [1.165, 1.54) is 17.7 Å². The van der Waals surface area contributed by atoms with Gasteiger partial charge in [0, 0.05) is 13.1 Å². The minimum Gasteiger partial charge on any atom is -0.364 e. The number of anilines is 1. The number of hydrogen-bond donors (Lipinski definition) is 0. The average molecular weight is 270 g/mol. The van der Waals surface area contributed by atoms with Gasteiger partial charge in [-0.3, -0.25) is 0 Å². The highest BCUT2D eigenvalue weighted by atomic mass is 19.2. The number of rotatable bonds is 1. The smallest absolute Gasteiger partial charge is 0.183 e. The van der Waals surface area contributed by atoms with Gasteiger partial charge in [0.15, 0.2) is 11.6 Å². The summed E-state index contributed by atoms with van der Waals surface area (Å²) in [6, 6.07) is 12.4. The molecule has 0 unspecified atom stereocenters. The van der Waals surface area contributed by atoms with Crippen LogP contribution in [0.3, 0.4) is 0 Å². The molecule has 1 aliphatic rings. The monoisotopic (exact) mass is 270 g/mol. The highest BCUT2D eigenvalue weighted by Gasteiger charge is 2.21. The number of nitrogens with zero attached hydrogens (tertiary/aromatic N) is 2. The zero-order valence-electron chi connectivity index (χ0n) is 10.7. The molecule has 1 aliphatic heterocycles. The van der Waals surface area contributed by atoms with Crippen LogP contribution in [0.2, 0.25) is 0 Å². The number of halogens is 2. The Labute approximate surface area is 115 Å². The fourth-order valence-electron chi connectivity index (χ4n) is 2.57. The van der Waals surface area contributed by atoms with Gasteiger partial charge in [-0.25, -0.2) is 8.78 Å². The number of fused-ring (bicyclic) bond motifs is 1. The lowest BCUT2D eigenvalue weighted by Crippen LogP contribution is -2.31. The van der Waals surface area contributed by atoms with E-state index < -0.39 is 11.6 Å². The van der Waals surface area contributed by atoms with Crippen LogP contribution in [0.1, 0.15) is 16.7 Å². The molecule has 2 aromatic carbocycles. The third-order valence-electron chi connectivity index (χ3n) is 3.65. The maximum absolute atomic E-state index is 14.0. The standard InChI is InChI=1S/C16H12F2N2/c17-15-12(9-19)5-6-14(16(15)18)20-8-7-11-3-1-2-4-13(11)10-20/h1-6H,7-8,10H2. The highest BCUT2D eigenvalue weighted by molar-refractivity contribution is 5.54. The van der Waals surface area contributed by atoms with E-state index in [-0.39, 0.29) is 11.3 Å². The second-order valence-electron chi connectivity index (χ2n) is 4.81. The fourth-order valence-corrected chi connectivity index (χ4v) is 2.57. The minimum absolute atomic E-state index is 0.219. The number of nitriles is 1. The molecule has 0 saturated heterocycles. The van der Waals surface area contributed by atoms with Crippen molar-refractivity contribution >= 4 is 5.69 Å². The minimum atomic E-state index is -1.07. The van der Waals surface area contributed by atoms with Crippen LogP contribution >= 0.6 is 0 Å². The van der Waals surface area contributed by atoms with Crippen molar-refractivity contribution in [2.24, 2.45) is 0 Å². The molecule has 0 spiro atoms. The molecule has 0 fully saturated rings. The van der Waals surface area contributed by atoms with Gasteiger partial charge in [-0.15, -0.1) is 0 Å². The molecular weight excluding hydrogens is 258 g/mol. The van der Waals surface area contributed by atoms with E-state index in [4.69, 9.17) is 5.26 Å². The van der Waals surface area contributed by atoms with E-state index in [1.54, 1.807) is 6.07 Å². The Balaban J connectivity index is 1.96. The van der Waals surface area contributed by atoms with Gasteiger partial charge in [-0.2, -0.15) is 5.26 Å². The van der Waals surface area contributed by atoms with Crippen molar-refractivity contribution in [3.8, 4) is 6.07 Å². The van der Waals surface area contributed by atoms with Crippen LogP contribution in [0, 0.1) is 23.0 Å². The molecule has 3 rings (SSSR count). The van der Waals surface area contributed by atoms with E-state index in [1.807, 2.05) is 23.1 Å². The van der Waals surface area contributed by atoms with Crippen LogP contribution in [0.15, 0.2) is 36.4 Å². The maximum atomic E-state index is 14.0. The molecule has 0 atom stereocenters. The van der Waals surface area contributed by atoms with Gasteiger partial charge < -0.3 is 4.90 Å². The third kappa shape index (κ3) is 2.01. The molecule has 0 radical (unpaired) electrons. The number of hydrogen-bond acceptors (Lipinski definition) is 2. The van der Waals surface area contributed by atoms with Gasteiger partial charge in [0.05, 0.1) is 11.3 Å². The van der Waals surface area contributed by atoms with E-state index >= 15 is 0 Å². The average Bonchev–Trinajstić information content (AvgIpc) is 2.49. The molecule has 0 saturated carbocycles. The maximum Gasteiger partial charge on any atom is 0.183 e. The zero-order valence-corrected chi connectivity index (χ0v) is 10.7. The van der Waals surface area contributed by atoms with Crippen LogP contribution < -0.4 is 4.90 Å². The lowest BCUT2D eigenvalue weighted by molar-refractivity contribution is 0.502. The molecule has 0 bridgehead atoms. The Morgan fingerprint density at radius 2 is 1.75 bits per heavy atom. The summed E-state index contributed by atoms with van der Waals surface area (Å²) in [6.07, 6.45) is 0.803. The van der Waals surface area contributed by atoms with Gasteiger partial charge in [-0.1, -0.05) is 24.3 Å². The zero-order chi connectivity index (χ0) is 14.1. The van der Waals surface area contributed by atoms with Crippen LogP contribution in [-0.2, 0) is 13.0 Å². The first-order valence-electron chi connectivity index (χ1n) is 6.40. The summed E-state index contributed by atoms with van der Waals surface area (Å²) >= 11 is 0. The first kappa shape index (κ1) is 12.6. The molecular formula is C16H12F2N2. The van der Waals surface area contributed by atoms with Crippen LogP contribution in [0.5, 0.6) is 0 Å². The molecule has 100 valence electrons. The quantitative estimate of drug-likeness (QED) is 0.794. The summed E-state index contributed by atoms with van der Waals surface area (Å²) in [5.41, 5.74) is 2.33. The summed E-state index contributed by atoms with van der Waals surface area (Å²) in [4.78, 5) is 1.81. The molecule has 0 aromatic heterocycles. The molecule has 0 aliphatic carbocycles. The SMILES string of the molecule is N#Cc1ccc(N2CCc3ccccc3C2)c(F)c1F. The highest BCUT2D eigenvalue weighted by Crippen LogP contribution is 2.28. The number of benzene rings is 2. The van der Waals surface area contributed by atoms with Crippen molar-refractivity contribution in [1.82, 2.24) is 0 Å². The van der Waals surface area contributed by atoms with E-state index in [0.717, 1.165) is 12.0 Å². The molecule has 4 heteroatoms. The summed E-state index contributed by atoms with van der Waals surface area (Å²) in [5, 5.41) is 8.70. The van der Waals surface area contributed by atoms with Gasteiger partial charge in [0.2, 0.25) is 0 Å². The summed E-state index contributed by atoms with van der Waals surface area (Å²) < 4.78 is 27.7. The van der Waals surface area contributed by atoms with Crippen LogP contribution in [0.25, 0.3) is 0 Å². The van der Waals surface area contributed by atoms with Crippen molar-refractivity contribution in [2.45, 2.75) is 13.0 Å². The summed E-state index contributed by atoms with van der Waals surface area (Å²) in [6.45, 7) is 1.19. The lowest BCUT2D eigenvalue weighted by atomic mass is 9.99. The molecule has 0 N–H and O–H groups in total. The summed E-state index contributed by atoms with van der Waals surface area (Å²) in [7, 11) is 0. The van der Waals surface area contributed by atoms with E-state index in [9.17, 15) is 8.78 Å².